The molecule has 1 fully saturated rings. The molecule has 0 atom stereocenters. The van der Waals surface area contributed by atoms with Crippen LogP contribution < -0.4 is 16.4 Å². The summed E-state index contributed by atoms with van der Waals surface area (Å²) in [5.74, 6) is 0.944. The lowest BCUT2D eigenvalue weighted by molar-refractivity contribution is 0.362. The molecule has 5 N–H and O–H groups in total. The van der Waals surface area contributed by atoms with Gasteiger partial charge in [-0.15, -0.1) is 0 Å². The molecule has 2 aromatic rings. The van der Waals surface area contributed by atoms with E-state index in [2.05, 4.69) is 21.8 Å². The molecule has 2 heterocycles. The standard InChI is InChI=1S/C18H22Cl2N6/c1-10-17(26-8-6-18(2,23)7-9-26)25-16(22)15(24-10)14(21)11-4-3-5-12(19)13(11)20/h3-5,21H,6-9,23H2,1-2H3,(H2,22,25). The molecule has 26 heavy (non-hydrogen) atoms. The third-order valence-corrected chi connectivity index (χ3v) is 5.55. The van der Waals surface area contributed by atoms with Gasteiger partial charge in [-0.2, -0.15) is 0 Å². The Labute approximate surface area is 163 Å². The Morgan fingerprint density at radius 1 is 1.23 bits per heavy atom. The Kier molecular flexibility index (Phi) is 5.10. The predicted molar refractivity (Wildman–Crippen MR) is 108 cm³/mol. The van der Waals surface area contributed by atoms with Gasteiger partial charge in [-0.3, -0.25) is 5.41 Å². The zero-order valence-electron chi connectivity index (χ0n) is 14.8. The summed E-state index contributed by atoms with van der Waals surface area (Å²) in [6.45, 7) is 5.54. The minimum atomic E-state index is -0.144. The number of piperidine rings is 1. The number of rotatable bonds is 3. The summed E-state index contributed by atoms with van der Waals surface area (Å²) in [5, 5.41) is 9.14. The maximum atomic E-state index is 8.46. The molecule has 0 saturated carbocycles. The van der Waals surface area contributed by atoms with E-state index in [1.54, 1.807) is 18.2 Å². The highest BCUT2D eigenvalue weighted by molar-refractivity contribution is 6.44. The molecule has 0 amide bonds. The summed E-state index contributed by atoms with van der Waals surface area (Å²) < 4.78 is 0. The zero-order chi connectivity index (χ0) is 19.1. The maximum absolute atomic E-state index is 8.46. The van der Waals surface area contributed by atoms with Crippen LogP contribution >= 0.6 is 23.2 Å². The van der Waals surface area contributed by atoms with Crippen molar-refractivity contribution in [3.8, 4) is 0 Å². The SMILES string of the molecule is Cc1nc(C(=N)c2cccc(Cl)c2Cl)c(N)nc1N1CCC(C)(N)CC1. The lowest BCUT2D eigenvalue weighted by Gasteiger charge is -2.37. The van der Waals surface area contributed by atoms with Crippen LogP contribution in [0, 0.1) is 12.3 Å². The van der Waals surface area contributed by atoms with Crippen LogP contribution in [0.15, 0.2) is 18.2 Å². The van der Waals surface area contributed by atoms with Crippen LogP contribution in [-0.2, 0) is 0 Å². The minimum absolute atomic E-state index is 0.102. The van der Waals surface area contributed by atoms with Crippen LogP contribution in [0.4, 0.5) is 11.6 Å². The molecule has 1 aliphatic heterocycles. The summed E-state index contributed by atoms with van der Waals surface area (Å²) in [5.41, 5.74) is 13.8. The summed E-state index contributed by atoms with van der Waals surface area (Å²) in [4.78, 5) is 11.2. The first-order valence-electron chi connectivity index (χ1n) is 8.41. The molecule has 0 aliphatic carbocycles. The molecule has 0 bridgehead atoms. The number of benzene rings is 1. The van der Waals surface area contributed by atoms with E-state index in [0.29, 0.717) is 21.3 Å². The second-order valence-electron chi connectivity index (χ2n) is 6.98. The van der Waals surface area contributed by atoms with E-state index < -0.39 is 0 Å². The van der Waals surface area contributed by atoms with E-state index in [1.807, 2.05) is 6.92 Å². The van der Waals surface area contributed by atoms with Crippen LogP contribution in [0.25, 0.3) is 0 Å². The molecule has 138 valence electrons. The largest absolute Gasteiger partial charge is 0.382 e. The minimum Gasteiger partial charge on any atom is -0.382 e. The summed E-state index contributed by atoms with van der Waals surface area (Å²) >= 11 is 12.3. The topological polar surface area (TPSA) is 105 Å². The van der Waals surface area contributed by atoms with Crippen molar-refractivity contribution in [1.82, 2.24) is 9.97 Å². The number of aromatic nitrogens is 2. The van der Waals surface area contributed by atoms with Gasteiger partial charge in [0.2, 0.25) is 0 Å². The fourth-order valence-electron chi connectivity index (χ4n) is 3.06. The van der Waals surface area contributed by atoms with Crippen LogP contribution in [0.3, 0.4) is 0 Å². The first kappa shape index (κ1) is 18.9. The van der Waals surface area contributed by atoms with Crippen molar-refractivity contribution in [3.63, 3.8) is 0 Å². The Morgan fingerprint density at radius 3 is 2.54 bits per heavy atom. The Bertz CT molecular complexity index is 855. The van der Waals surface area contributed by atoms with E-state index >= 15 is 0 Å². The van der Waals surface area contributed by atoms with Gasteiger partial charge in [-0.25, -0.2) is 9.97 Å². The summed E-state index contributed by atoms with van der Waals surface area (Å²) in [6.07, 6.45) is 1.76. The van der Waals surface area contributed by atoms with Crippen molar-refractivity contribution in [2.45, 2.75) is 32.2 Å². The van der Waals surface area contributed by atoms with Gasteiger partial charge in [0.25, 0.3) is 0 Å². The fraction of sp³-hybridized carbons (Fsp3) is 0.389. The number of halogens is 2. The lowest BCUT2D eigenvalue weighted by Crippen LogP contribution is -2.48. The van der Waals surface area contributed by atoms with Gasteiger partial charge < -0.3 is 16.4 Å². The number of nitrogens with zero attached hydrogens (tertiary/aromatic N) is 3. The highest BCUT2D eigenvalue weighted by atomic mass is 35.5. The third-order valence-electron chi connectivity index (χ3n) is 4.74. The zero-order valence-corrected chi connectivity index (χ0v) is 16.3. The van der Waals surface area contributed by atoms with Gasteiger partial charge in [0.15, 0.2) is 11.6 Å². The Balaban J connectivity index is 1.93. The Hall–Kier alpha value is -1.89. The van der Waals surface area contributed by atoms with Gasteiger partial charge in [-0.1, -0.05) is 35.3 Å². The average Bonchev–Trinajstić information content (AvgIpc) is 2.59. The highest BCUT2D eigenvalue weighted by Crippen LogP contribution is 2.30. The molecule has 1 aromatic heterocycles. The van der Waals surface area contributed by atoms with E-state index in [4.69, 9.17) is 40.1 Å². The number of hydrogen-bond donors (Lipinski definition) is 3. The lowest BCUT2D eigenvalue weighted by atomic mass is 9.91. The molecule has 6 nitrogen and oxygen atoms in total. The Morgan fingerprint density at radius 2 is 1.88 bits per heavy atom. The summed E-state index contributed by atoms with van der Waals surface area (Å²) in [7, 11) is 0. The van der Waals surface area contributed by atoms with Crippen LogP contribution in [0.2, 0.25) is 10.0 Å². The van der Waals surface area contributed by atoms with E-state index in [9.17, 15) is 0 Å². The molecule has 1 aliphatic rings. The van der Waals surface area contributed by atoms with Crippen LogP contribution in [0.5, 0.6) is 0 Å². The quantitative estimate of drug-likeness (QED) is 0.693. The third kappa shape index (κ3) is 3.63. The normalized spacial score (nSPS) is 16.6. The van der Waals surface area contributed by atoms with Gasteiger partial charge in [0.1, 0.15) is 5.69 Å². The number of nitrogens with one attached hydrogen (secondary N) is 1. The van der Waals surface area contributed by atoms with Crippen molar-refractivity contribution in [2.75, 3.05) is 23.7 Å². The molecular weight excluding hydrogens is 371 g/mol. The fourth-order valence-corrected chi connectivity index (χ4v) is 3.46. The van der Waals surface area contributed by atoms with Crippen LogP contribution in [-0.4, -0.2) is 34.3 Å². The van der Waals surface area contributed by atoms with Gasteiger partial charge in [0.05, 0.1) is 21.5 Å². The van der Waals surface area contributed by atoms with Gasteiger partial charge in [-0.05, 0) is 32.8 Å². The predicted octanol–water partition coefficient (Wildman–Crippen LogP) is 3.41. The van der Waals surface area contributed by atoms with Crippen molar-refractivity contribution >= 4 is 40.5 Å². The molecular formula is C18H22Cl2N6. The van der Waals surface area contributed by atoms with Crippen molar-refractivity contribution in [3.05, 3.63) is 45.2 Å². The van der Waals surface area contributed by atoms with Crippen LogP contribution in [0.1, 0.15) is 36.7 Å². The number of anilines is 2. The van der Waals surface area contributed by atoms with Gasteiger partial charge >= 0.3 is 0 Å². The average molecular weight is 393 g/mol. The molecule has 1 saturated heterocycles. The molecule has 0 unspecified atom stereocenters. The number of nitrogens with two attached hydrogens (primary N) is 2. The molecule has 0 radical (unpaired) electrons. The smallest absolute Gasteiger partial charge is 0.154 e. The van der Waals surface area contributed by atoms with E-state index in [-0.39, 0.29) is 17.1 Å². The second-order valence-corrected chi connectivity index (χ2v) is 7.77. The molecule has 1 aromatic carbocycles. The first-order chi connectivity index (χ1) is 12.2. The van der Waals surface area contributed by atoms with Crippen molar-refractivity contribution in [1.29, 1.82) is 5.41 Å². The monoisotopic (exact) mass is 392 g/mol. The number of hydrogen-bond acceptors (Lipinski definition) is 6. The van der Waals surface area contributed by atoms with Crippen molar-refractivity contribution < 1.29 is 0 Å². The maximum Gasteiger partial charge on any atom is 0.154 e. The second kappa shape index (κ2) is 7.02. The van der Waals surface area contributed by atoms with Gasteiger partial charge in [0, 0.05) is 24.2 Å². The number of aryl methyl sites for hydroxylation is 1. The van der Waals surface area contributed by atoms with E-state index in [0.717, 1.165) is 37.4 Å². The van der Waals surface area contributed by atoms with E-state index in [1.165, 1.54) is 0 Å². The molecule has 3 rings (SSSR count). The molecule has 8 heteroatoms. The number of nitrogen functional groups attached to an aromatic ring is 1. The first-order valence-corrected chi connectivity index (χ1v) is 9.16. The summed E-state index contributed by atoms with van der Waals surface area (Å²) in [6, 6.07) is 5.12. The van der Waals surface area contributed by atoms with Crippen molar-refractivity contribution in [2.24, 2.45) is 5.73 Å². The molecule has 0 spiro atoms. The highest BCUT2D eigenvalue weighted by Gasteiger charge is 2.28.